The van der Waals surface area contributed by atoms with E-state index in [1.165, 1.54) is 12.8 Å². The van der Waals surface area contributed by atoms with Gasteiger partial charge in [-0.2, -0.15) is 0 Å². The molecule has 3 aliphatic heterocycles. The zero-order valence-electron chi connectivity index (χ0n) is 18.0. The molecule has 30 heavy (non-hydrogen) atoms. The molecule has 0 N–H and O–H groups in total. The first kappa shape index (κ1) is 21.1. The van der Waals surface area contributed by atoms with Crippen LogP contribution in [0, 0.1) is 5.92 Å². The first-order valence-electron chi connectivity index (χ1n) is 11.7. The number of pyridine rings is 1. The molecule has 7 heteroatoms. The summed E-state index contributed by atoms with van der Waals surface area (Å²) in [6, 6.07) is 5.95. The quantitative estimate of drug-likeness (QED) is 0.754. The van der Waals surface area contributed by atoms with Gasteiger partial charge in [0.2, 0.25) is 11.8 Å². The molecule has 7 nitrogen and oxygen atoms in total. The minimum Gasteiger partial charge on any atom is -0.353 e. The number of piperidine rings is 1. The fourth-order valence-electron chi connectivity index (χ4n) is 4.90. The number of aromatic nitrogens is 1. The Morgan fingerprint density at radius 1 is 0.833 bits per heavy atom. The summed E-state index contributed by atoms with van der Waals surface area (Å²) in [6.45, 7) is 7.20. The molecule has 3 fully saturated rings. The van der Waals surface area contributed by atoms with E-state index in [-0.39, 0.29) is 11.8 Å². The van der Waals surface area contributed by atoms with Crippen molar-refractivity contribution in [3.8, 4) is 0 Å². The molecule has 0 aliphatic carbocycles. The number of carbonyl (C=O) groups excluding carboxylic acids is 2. The molecule has 0 aromatic carbocycles. The predicted octanol–water partition coefficient (Wildman–Crippen LogP) is 1.84. The van der Waals surface area contributed by atoms with Crippen LogP contribution in [0.5, 0.6) is 0 Å². The average molecular weight is 414 g/mol. The largest absolute Gasteiger partial charge is 0.353 e. The third-order valence-corrected chi connectivity index (χ3v) is 6.82. The van der Waals surface area contributed by atoms with Crippen LogP contribution in [-0.2, 0) is 9.59 Å². The van der Waals surface area contributed by atoms with Crippen molar-refractivity contribution in [3.05, 3.63) is 24.4 Å². The van der Waals surface area contributed by atoms with Crippen molar-refractivity contribution in [1.29, 1.82) is 0 Å². The molecule has 0 saturated carbocycles. The maximum atomic E-state index is 12.9. The molecule has 2 amide bonds. The molecule has 3 aliphatic rings. The van der Waals surface area contributed by atoms with Gasteiger partial charge in [0.15, 0.2) is 0 Å². The molecule has 3 saturated heterocycles. The van der Waals surface area contributed by atoms with E-state index in [4.69, 9.17) is 0 Å². The van der Waals surface area contributed by atoms with E-state index in [2.05, 4.69) is 19.7 Å². The summed E-state index contributed by atoms with van der Waals surface area (Å²) in [7, 11) is 0. The van der Waals surface area contributed by atoms with Crippen molar-refractivity contribution in [2.75, 3.05) is 63.8 Å². The van der Waals surface area contributed by atoms with Gasteiger partial charge < -0.3 is 14.7 Å². The Labute approximate surface area is 180 Å². The monoisotopic (exact) mass is 413 g/mol. The number of anilines is 1. The van der Waals surface area contributed by atoms with E-state index in [9.17, 15) is 9.59 Å². The van der Waals surface area contributed by atoms with Crippen LogP contribution in [0.25, 0.3) is 0 Å². The minimum absolute atomic E-state index is 0.149. The summed E-state index contributed by atoms with van der Waals surface area (Å²) < 4.78 is 0. The van der Waals surface area contributed by atoms with E-state index in [0.29, 0.717) is 12.5 Å². The van der Waals surface area contributed by atoms with Crippen molar-refractivity contribution in [2.45, 2.75) is 38.5 Å². The summed E-state index contributed by atoms with van der Waals surface area (Å²) >= 11 is 0. The van der Waals surface area contributed by atoms with Gasteiger partial charge in [-0.25, -0.2) is 4.98 Å². The lowest BCUT2D eigenvalue weighted by atomic mass is 9.95. The second-order valence-electron chi connectivity index (χ2n) is 8.85. The van der Waals surface area contributed by atoms with Gasteiger partial charge in [-0.05, 0) is 50.9 Å². The third-order valence-electron chi connectivity index (χ3n) is 6.82. The molecule has 4 heterocycles. The van der Waals surface area contributed by atoms with Gasteiger partial charge in [0, 0.05) is 51.4 Å². The Hall–Kier alpha value is -2.15. The van der Waals surface area contributed by atoms with Crippen LogP contribution in [0.1, 0.15) is 38.5 Å². The standard InChI is InChI=1S/C23H35N5O2/c29-22(27-17-15-26(16-18-27)21-7-3-4-10-24-21)19-25-13-8-20(9-14-25)23(30)28-11-5-1-2-6-12-28/h3-4,7,10,20H,1-2,5-6,8-9,11-19H2. The highest BCUT2D eigenvalue weighted by Crippen LogP contribution is 2.22. The molecule has 0 unspecified atom stereocenters. The highest BCUT2D eigenvalue weighted by Gasteiger charge is 2.30. The van der Waals surface area contributed by atoms with E-state index >= 15 is 0 Å². The van der Waals surface area contributed by atoms with Crippen LogP contribution in [-0.4, -0.2) is 90.4 Å². The summed E-state index contributed by atoms with van der Waals surface area (Å²) in [5.74, 6) is 1.71. The Balaban J connectivity index is 1.19. The first-order chi connectivity index (χ1) is 14.7. The Morgan fingerprint density at radius 2 is 1.53 bits per heavy atom. The van der Waals surface area contributed by atoms with E-state index < -0.39 is 0 Å². The van der Waals surface area contributed by atoms with Crippen LogP contribution in [0.15, 0.2) is 24.4 Å². The highest BCUT2D eigenvalue weighted by atomic mass is 16.2. The molecular weight excluding hydrogens is 378 g/mol. The van der Waals surface area contributed by atoms with E-state index in [1.807, 2.05) is 29.3 Å². The van der Waals surface area contributed by atoms with Crippen LogP contribution < -0.4 is 4.90 Å². The molecule has 0 radical (unpaired) electrons. The second kappa shape index (κ2) is 10.2. The van der Waals surface area contributed by atoms with Crippen molar-refractivity contribution < 1.29 is 9.59 Å². The molecule has 0 bridgehead atoms. The average Bonchev–Trinajstić information content (AvgIpc) is 3.09. The number of nitrogens with zero attached hydrogens (tertiary/aromatic N) is 5. The predicted molar refractivity (Wildman–Crippen MR) is 117 cm³/mol. The maximum absolute atomic E-state index is 12.9. The second-order valence-corrected chi connectivity index (χ2v) is 8.85. The molecule has 4 rings (SSSR count). The zero-order chi connectivity index (χ0) is 20.8. The van der Waals surface area contributed by atoms with Gasteiger partial charge in [-0.1, -0.05) is 18.9 Å². The topological polar surface area (TPSA) is 60.0 Å². The Morgan fingerprint density at radius 3 is 2.17 bits per heavy atom. The van der Waals surface area contributed by atoms with Gasteiger partial charge >= 0.3 is 0 Å². The highest BCUT2D eigenvalue weighted by molar-refractivity contribution is 5.80. The molecule has 1 aromatic heterocycles. The van der Waals surface area contributed by atoms with Gasteiger partial charge in [0.25, 0.3) is 0 Å². The fourth-order valence-corrected chi connectivity index (χ4v) is 4.90. The molecule has 164 valence electrons. The number of hydrogen-bond donors (Lipinski definition) is 0. The van der Waals surface area contributed by atoms with Crippen molar-refractivity contribution in [2.24, 2.45) is 5.92 Å². The molecular formula is C23H35N5O2. The summed E-state index contributed by atoms with van der Waals surface area (Å²) in [5, 5.41) is 0. The van der Waals surface area contributed by atoms with Crippen molar-refractivity contribution in [3.63, 3.8) is 0 Å². The Kier molecular flexibility index (Phi) is 7.20. The SMILES string of the molecule is O=C(CN1CCC(C(=O)N2CCCCCC2)CC1)N1CCN(c2ccccn2)CC1. The lowest BCUT2D eigenvalue weighted by molar-refractivity contribution is -0.137. The van der Waals surface area contributed by atoms with E-state index in [0.717, 1.165) is 83.9 Å². The molecule has 0 atom stereocenters. The van der Waals surface area contributed by atoms with Gasteiger partial charge in [0.05, 0.1) is 6.54 Å². The molecule has 0 spiro atoms. The van der Waals surface area contributed by atoms with Crippen molar-refractivity contribution in [1.82, 2.24) is 19.7 Å². The number of carbonyl (C=O) groups is 2. The lowest BCUT2D eigenvalue weighted by Crippen LogP contribution is -2.52. The van der Waals surface area contributed by atoms with Crippen LogP contribution in [0.2, 0.25) is 0 Å². The number of hydrogen-bond acceptors (Lipinski definition) is 5. The summed E-state index contributed by atoms with van der Waals surface area (Å²) in [4.78, 5) is 38.6. The summed E-state index contributed by atoms with van der Waals surface area (Å²) in [5.41, 5.74) is 0. The number of rotatable bonds is 4. The lowest BCUT2D eigenvalue weighted by Gasteiger charge is -2.38. The first-order valence-corrected chi connectivity index (χ1v) is 11.7. The zero-order valence-corrected chi connectivity index (χ0v) is 18.0. The number of amides is 2. The normalized spacial score (nSPS) is 22.1. The number of likely N-dealkylation sites (tertiary alicyclic amines) is 2. The summed E-state index contributed by atoms with van der Waals surface area (Å²) in [6.07, 6.45) is 8.38. The maximum Gasteiger partial charge on any atom is 0.236 e. The van der Waals surface area contributed by atoms with Gasteiger partial charge in [-0.3, -0.25) is 14.5 Å². The minimum atomic E-state index is 0.149. The fraction of sp³-hybridized carbons (Fsp3) is 0.696. The van der Waals surface area contributed by atoms with Gasteiger partial charge in [-0.15, -0.1) is 0 Å². The number of piperazine rings is 1. The Bertz CT molecular complexity index is 689. The van der Waals surface area contributed by atoms with Crippen molar-refractivity contribution >= 4 is 17.6 Å². The van der Waals surface area contributed by atoms with Crippen LogP contribution in [0.4, 0.5) is 5.82 Å². The molecule has 1 aromatic rings. The van der Waals surface area contributed by atoms with Crippen LogP contribution in [0.3, 0.4) is 0 Å². The van der Waals surface area contributed by atoms with E-state index in [1.54, 1.807) is 0 Å². The van der Waals surface area contributed by atoms with Crippen LogP contribution >= 0.6 is 0 Å². The third kappa shape index (κ3) is 5.31. The smallest absolute Gasteiger partial charge is 0.236 e. The van der Waals surface area contributed by atoms with Gasteiger partial charge in [0.1, 0.15) is 5.82 Å².